The van der Waals surface area contributed by atoms with Crippen molar-refractivity contribution < 1.29 is 47.0 Å². The van der Waals surface area contributed by atoms with Crippen LogP contribution in [-0.4, -0.2) is 79.8 Å². The lowest BCUT2D eigenvalue weighted by atomic mass is 9.69. The Bertz CT molecular complexity index is 1540. The Morgan fingerprint density at radius 2 is 1.72 bits per heavy atom. The maximum Gasteiger partial charge on any atom is 0.354 e. The fourth-order valence-corrected chi connectivity index (χ4v) is 7.09. The second kappa shape index (κ2) is 13.6. The number of cyclic esters (lactones) is 1. The Hall–Kier alpha value is -3.99. The molecule has 14 nitrogen and oxygen atoms in total. The van der Waals surface area contributed by atoms with Crippen molar-refractivity contribution in [3.8, 4) is 10.8 Å². The zero-order valence-electron chi connectivity index (χ0n) is 27.1. The summed E-state index contributed by atoms with van der Waals surface area (Å²) < 4.78 is 47.7. The summed E-state index contributed by atoms with van der Waals surface area (Å²) in [6.45, 7) is 7.73. The van der Waals surface area contributed by atoms with Gasteiger partial charge in [-0.05, 0) is 39.7 Å². The van der Waals surface area contributed by atoms with E-state index in [0.29, 0.717) is 22.8 Å². The van der Waals surface area contributed by atoms with Crippen molar-refractivity contribution in [3.63, 3.8) is 0 Å². The number of ether oxygens (including phenoxy) is 3. The summed E-state index contributed by atoms with van der Waals surface area (Å²) in [6.07, 6.45) is 0.346. The smallest absolute Gasteiger partial charge is 0.354 e. The molecule has 2 aliphatic heterocycles. The lowest BCUT2D eigenvalue weighted by molar-refractivity contribution is -0.211. The number of nitrogens with zero attached hydrogens (tertiary/aromatic N) is 5. The van der Waals surface area contributed by atoms with Crippen LogP contribution in [0.1, 0.15) is 59.4 Å². The molecule has 47 heavy (non-hydrogen) atoms. The largest absolute Gasteiger partial charge is 0.451 e. The second-order valence-corrected chi connectivity index (χ2v) is 13.7. The van der Waals surface area contributed by atoms with Gasteiger partial charge in [0.2, 0.25) is 0 Å². The van der Waals surface area contributed by atoms with E-state index in [2.05, 4.69) is 25.3 Å². The summed E-state index contributed by atoms with van der Waals surface area (Å²) in [7, 11) is 1.39. The number of hydrogen-bond donors (Lipinski definition) is 1. The molecule has 2 aromatic rings. The van der Waals surface area contributed by atoms with Crippen molar-refractivity contribution >= 4 is 40.7 Å². The first-order valence-corrected chi connectivity index (χ1v) is 15.7. The van der Waals surface area contributed by atoms with Gasteiger partial charge in [-0.2, -0.15) is 4.39 Å². The van der Waals surface area contributed by atoms with E-state index in [1.807, 2.05) is 0 Å². The minimum atomic E-state index is -3.24. The fourth-order valence-electron chi connectivity index (χ4n) is 6.39. The van der Waals surface area contributed by atoms with Crippen molar-refractivity contribution in [1.82, 2.24) is 20.2 Å². The van der Waals surface area contributed by atoms with E-state index in [1.54, 1.807) is 32.3 Å². The van der Waals surface area contributed by atoms with Gasteiger partial charge in [0.05, 0.1) is 5.60 Å². The maximum absolute atomic E-state index is 16.0. The number of hydrogen-bond acceptors (Lipinski definition) is 14. The first-order valence-electron chi connectivity index (χ1n) is 14.9. The molecule has 0 bridgehead atoms. The third kappa shape index (κ3) is 7.15. The van der Waals surface area contributed by atoms with Gasteiger partial charge < -0.3 is 24.8 Å². The summed E-state index contributed by atoms with van der Waals surface area (Å²) in [6, 6.07) is 1.65. The highest BCUT2D eigenvalue weighted by Gasteiger charge is 2.64. The number of Topliss-reactive ketones (excluding diaryl/α,β-unsaturated/α-hetero) is 2. The summed E-state index contributed by atoms with van der Waals surface area (Å²) in [5.41, 5.74) is -0.450. The predicted molar refractivity (Wildman–Crippen MR) is 161 cm³/mol. The topological polar surface area (TPSA) is 195 Å². The van der Waals surface area contributed by atoms with Gasteiger partial charge in [0.1, 0.15) is 11.7 Å². The second-order valence-electron chi connectivity index (χ2n) is 12.6. The van der Waals surface area contributed by atoms with Crippen LogP contribution in [0.4, 0.5) is 8.78 Å². The third-order valence-corrected chi connectivity index (χ3v) is 9.79. The van der Waals surface area contributed by atoms with Gasteiger partial charge in [-0.3, -0.25) is 14.4 Å². The fraction of sp³-hybridized carbons (Fsp3) is 0.633. The van der Waals surface area contributed by atoms with Gasteiger partial charge in [-0.15, -0.1) is 10.2 Å². The van der Waals surface area contributed by atoms with Crippen LogP contribution in [0.5, 0.6) is 0 Å². The molecule has 9 atom stereocenters. The number of methoxy groups -OCH3 is 1. The quantitative estimate of drug-likeness (QED) is 0.154. The van der Waals surface area contributed by atoms with Crippen molar-refractivity contribution in [2.45, 2.75) is 84.2 Å². The van der Waals surface area contributed by atoms with Crippen LogP contribution < -0.4 is 5.73 Å². The molecule has 2 saturated heterocycles. The van der Waals surface area contributed by atoms with Crippen LogP contribution in [0.2, 0.25) is 0 Å². The number of esters is 2. The Balaban J connectivity index is 1.66. The molecule has 0 radical (unpaired) electrons. The summed E-state index contributed by atoms with van der Waals surface area (Å²) in [5.74, 6) is -10.4. The molecule has 4 heterocycles. The molecule has 2 aromatic heterocycles. The van der Waals surface area contributed by atoms with E-state index >= 15 is 8.78 Å². The minimum Gasteiger partial charge on any atom is -0.451 e. The molecular weight excluding hydrogens is 642 g/mol. The molecule has 0 saturated carbocycles. The number of alkyl halides is 2. The van der Waals surface area contributed by atoms with E-state index in [0.717, 1.165) is 18.3 Å². The van der Waals surface area contributed by atoms with Gasteiger partial charge >= 0.3 is 11.9 Å². The van der Waals surface area contributed by atoms with E-state index in [1.165, 1.54) is 21.0 Å². The molecule has 256 valence electrons. The van der Waals surface area contributed by atoms with Crippen molar-refractivity contribution in [1.29, 1.82) is 0 Å². The molecule has 0 aliphatic carbocycles. The zero-order valence-corrected chi connectivity index (χ0v) is 27.9. The Morgan fingerprint density at radius 3 is 2.36 bits per heavy atom. The minimum absolute atomic E-state index is 0.0447. The van der Waals surface area contributed by atoms with Gasteiger partial charge in [0.25, 0.3) is 12.0 Å². The average Bonchev–Trinajstić information content (AvgIpc) is 3.61. The number of fused-ring (bicyclic) bond motifs is 1. The maximum atomic E-state index is 16.0. The Morgan fingerprint density at radius 1 is 1.09 bits per heavy atom. The highest BCUT2D eigenvalue weighted by molar-refractivity contribution is 7.14. The van der Waals surface area contributed by atoms with E-state index in [4.69, 9.17) is 24.8 Å². The van der Waals surface area contributed by atoms with Gasteiger partial charge in [0, 0.05) is 43.2 Å². The summed E-state index contributed by atoms with van der Waals surface area (Å²) >= 11 is 1.13. The number of rotatable bonds is 6. The predicted octanol–water partition coefficient (Wildman–Crippen LogP) is 3.14. The molecule has 2 aliphatic rings. The first kappa shape index (κ1) is 35.9. The van der Waals surface area contributed by atoms with Crippen LogP contribution in [0, 0.1) is 29.6 Å². The number of nitrogens with two attached hydrogens (primary N) is 1. The van der Waals surface area contributed by atoms with E-state index in [-0.39, 0.29) is 19.4 Å². The molecular formula is C30H38F2N6O8S. The molecule has 2 N–H and O–H groups in total. The number of carbonyl (C=O) groups excluding carboxylic acids is 4. The number of amidine groups is 1. The zero-order chi connectivity index (χ0) is 34.9. The highest BCUT2D eigenvalue weighted by atomic mass is 32.1. The van der Waals surface area contributed by atoms with Crippen LogP contribution in [-0.2, 0) is 44.8 Å². The average molecular weight is 681 g/mol. The number of ketones is 2. The van der Waals surface area contributed by atoms with E-state index in [9.17, 15) is 19.2 Å². The van der Waals surface area contributed by atoms with Gasteiger partial charge in [0.15, 0.2) is 39.7 Å². The molecule has 0 spiro atoms. The summed E-state index contributed by atoms with van der Waals surface area (Å²) in [4.78, 5) is 66.8. The van der Waals surface area contributed by atoms with Crippen LogP contribution in [0.25, 0.3) is 10.8 Å². The van der Waals surface area contributed by atoms with Crippen LogP contribution in [0.3, 0.4) is 0 Å². The number of halogens is 2. The molecule has 2 fully saturated rings. The summed E-state index contributed by atoms with van der Waals surface area (Å²) in [5, 5.41) is 12.6. The van der Waals surface area contributed by atoms with Gasteiger partial charge in [-0.25, -0.2) is 19.2 Å². The Labute approximate surface area is 273 Å². The van der Waals surface area contributed by atoms with Crippen molar-refractivity contribution in [2.24, 2.45) is 40.5 Å². The third-order valence-electron chi connectivity index (χ3n) is 8.89. The monoisotopic (exact) mass is 680 g/mol. The molecule has 0 amide bonds. The van der Waals surface area contributed by atoms with Crippen molar-refractivity contribution in [3.05, 3.63) is 23.5 Å². The lowest BCUT2D eigenvalue weighted by Crippen LogP contribution is -2.54. The first-order chi connectivity index (χ1) is 21.9. The standard InChI is InChI=1S/C30H38F2N6O8S/c1-14-11-28(4,43-7)12-15(2)21(40)29(5,32)27(42)45-26(31)30(6)19(16(3)20(14)39)18(25(41)46-30)22(33)38-44-13-17-36-37-24(47-17)23-34-9-8-10-35-23/h8-10,14-16,18-19,26H,11-13H2,1-7H3,(H2,33,38)/t14-,15-,16-,18-,19+,26-,28-,29+,30+/m1/s1. The SMILES string of the molecule is CO[C@]1(C)C[C@@H](C)C(=O)[C@H](C)[C@H]2[C@H](/C(N)=N/OCc3nnc(-c4ncccn4)s3)C(=O)O[C@]2(C)[C@H](F)OC(=O)[C@@](C)(F)C(=O)[C@H](C)C1. The number of aromatic nitrogens is 4. The number of oxime groups is 1. The molecule has 17 heteroatoms. The normalized spacial score (nSPS) is 35.9. The molecule has 0 aromatic carbocycles. The van der Waals surface area contributed by atoms with Crippen LogP contribution in [0.15, 0.2) is 23.6 Å². The lowest BCUT2D eigenvalue weighted by Gasteiger charge is -2.39. The van der Waals surface area contributed by atoms with E-state index < -0.39 is 82.2 Å². The molecule has 0 unspecified atom stereocenters. The highest BCUT2D eigenvalue weighted by Crippen LogP contribution is 2.47. The van der Waals surface area contributed by atoms with Crippen LogP contribution >= 0.6 is 11.3 Å². The molecule has 4 rings (SSSR count). The van der Waals surface area contributed by atoms with Crippen molar-refractivity contribution in [2.75, 3.05) is 7.11 Å². The van der Waals surface area contributed by atoms with Gasteiger partial charge in [-0.1, -0.05) is 37.3 Å². The Kier molecular flexibility index (Phi) is 10.4. The number of carbonyl (C=O) groups is 4.